The zero-order valence-electron chi connectivity index (χ0n) is 22.3. The van der Waals surface area contributed by atoms with E-state index in [0.29, 0.717) is 51.5 Å². The fourth-order valence-electron chi connectivity index (χ4n) is 4.89. The molecule has 0 spiro atoms. The number of ether oxygens (including phenoxy) is 1. The molecule has 5 rings (SSSR count). The highest BCUT2D eigenvalue weighted by molar-refractivity contribution is 7.22. The number of Topliss-reactive ketones (excluding diaryl/α,β-unsaturated/α-hetero) is 1. The molecule has 0 unspecified atom stereocenters. The van der Waals surface area contributed by atoms with Gasteiger partial charge in [-0.15, -0.1) is 13.2 Å². The average molecular weight is 575 g/mol. The third kappa shape index (κ3) is 6.20. The Hall–Kier alpha value is -3.71. The van der Waals surface area contributed by atoms with Crippen LogP contribution in [-0.2, 0) is 11.8 Å². The summed E-state index contributed by atoms with van der Waals surface area (Å²) in [6.07, 6.45) is -2.60. The number of carbonyl (C=O) groups is 2. The highest BCUT2D eigenvalue weighted by Gasteiger charge is 2.31. The van der Waals surface area contributed by atoms with E-state index in [0.717, 1.165) is 18.4 Å². The molecule has 1 N–H and O–H groups in total. The van der Waals surface area contributed by atoms with Gasteiger partial charge < -0.3 is 24.4 Å². The quantitative estimate of drug-likeness (QED) is 0.284. The molecule has 1 fully saturated rings. The van der Waals surface area contributed by atoms with Crippen LogP contribution in [0.5, 0.6) is 5.75 Å². The highest BCUT2D eigenvalue weighted by atomic mass is 32.1. The number of benzene rings is 2. The molecule has 0 bridgehead atoms. The van der Waals surface area contributed by atoms with Crippen LogP contribution in [0.4, 0.5) is 24.3 Å². The van der Waals surface area contributed by atoms with Crippen molar-refractivity contribution in [3.8, 4) is 5.75 Å². The second-order valence-corrected chi connectivity index (χ2v) is 11.0. The summed E-state index contributed by atoms with van der Waals surface area (Å²) in [7, 11) is 5.91. The lowest BCUT2D eigenvalue weighted by Gasteiger charge is -2.35. The molecule has 13 heteroatoms. The molecule has 0 aliphatic carbocycles. The van der Waals surface area contributed by atoms with Gasteiger partial charge >= 0.3 is 6.36 Å². The molecule has 1 aliphatic rings. The number of halogens is 3. The number of imidazole rings is 1. The Morgan fingerprint density at radius 2 is 1.82 bits per heavy atom. The van der Waals surface area contributed by atoms with Crippen molar-refractivity contribution in [3.63, 3.8) is 0 Å². The number of nitrogens with zero attached hydrogens (tertiary/aromatic N) is 5. The summed E-state index contributed by atoms with van der Waals surface area (Å²) in [4.78, 5) is 38.6. The maximum absolute atomic E-state index is 12.9. The summed E-state index contributed by atoms with van der Waals surface area (Å²) in [6.45, 7) is 1.42. The lowest BCUT2D eigenvalue weighted by Crippen LogP contribution is -2.44. The number of thiazole rings is 1. The average Bonchev–Trinajstić information content (AvgIpc) is 3.45. The molecular weight excluding hydrogens is 545 g/mol. The molecule has 1 amide bonds. The van der Waals surface area contributed by atoms with Crippen LogP contribution < -0.4 is 10.1 Å². The van der Waals surface area contributed by atoms with Crippen LogP contribution in [0, 0.1) is 0 Å². The fraction of sp³-hybridized carbons (Fsp3) is 0.407. The van der Waals surface area contributed by atoms with Gasteiger partial charge in [0.1, 0.15) is 5.75 Å². The predicted octanol–water partition coefficient (Wildman–Crippen LogP) is 5.34. The van der Waals surface area contributed by atoms with Gasteiger partial charge in [0.2, 0.25) is 11.9 Å². The number of carbonyl (C=O) groups excluding carboxylic acids is 2. The number of fused-ring (bicyclic) bond motifs is 2. The Kier molecular flexibility index (Phi) is 7.69. The summed E-state index contributed by atoms with van der Waals surface area (Å²) in [6, 6.07) is 9.67. The van der Waals surface area contributed by atoms with Gasteiger partial charge in [0, 0.05) is 50.7 Å². The van der Waals surface area contributed by atoms with E-state index in [-0.39, 0.29) is 30.3 Å². The molecule has 4 aromatic rings. The first kappa shape index (κ1) is 27.8. The van der Waals surface area contributed by atoms with Crippen molar-refractivity contribution in [3.05, 3.63) is 42.0 Å². The Balaban J connectivity index is 1.24. The fourth-order valence-corrected chi connectivity index (χ4v) is 5.78. The van der Waals surface area contributed by atoms with Crippen molar-refractivity contribution in [1.29, 1.82) is 0 Å². The molecule has 0 saturated carbocycles. The SMILES string of the molecule is CN(C)C1CCN(C(=O)CCC(=O)c2ccc3c(c2)nc(Nc2nc4ccc(OC(F)(F)F)cc4s2)n3C)CC1. The van der Waals surface area contributed by atoms with Crippen LogP contribution in [0.3, 0.4) is 0 Å². The van der Waals surface area contributed by atoms with Crippen molar-refractivity contribution in [2.75, 3.05) is 32.5 Å². The van der Waals surface area contributed by atoms with E-state index in [1.165, 1.54) is 29.5 Å². The smallest absolute Gasteiger partial charge is 0.406 e. The molecule has 1 aliphatic heterocycles. The molecule has 0 radical (unpaired) electrons. The number of piperidine rings is 1. The largest absolute Gasteiger partial charge is 0.573 e. The van der Waals surface area contributed by atoms with Gasteiger partial charge in [0.15, 0.2) is 10.9 Å². The summed E-state index contributed by atoms with van der Waals surface area (Å²) in [5, 5.41) is 3.56. The summed E-state index contributed by atoms with van der Waals surface area (Å²) < 4.78 is 44.0. The van der Waals surface area contributed by atoms with E-state index in [1.807, 2.05) is 4.90 Å². The second kappa shape index (κ2) is 11.0. The van der Waals surface area contributed by atoms with Crippen LogP contribution in [-0.4, -0.2) is 75.6 Å². The van der Waals surface area contributed by atoms with Gasteiger partial charge in [0.05, 0.1) is 21.3 Å². The van der Waals surface area contributed by atoms with Gasteiger partial charge in [0.25, 0.3) is 0 Å². The third-order valence-electron chi connectivity index (χ3n) is 7.13. The topological polar surface area (TPSA) is 92.6 Å². The predicted molar refractivity (Wildman–Crippen MR) is 147 cm³/mol. The minimum Gasteiger partial charge on any atom is -0.406 e. The lowest BCUT2D eigenvalue weighted by atomic mass is 10.0. The van der Waals surface area contributed by atoms with Crippen molar-refractivity contribution in [1.82, 2.24) is 24.3 Å². The summed E-state index contributed by atoms with van der Waals surface area (Å²) >= 11 is 1.17. The van der Waals surface area contributed by atoms with Crippen molar-refractivity contribution in [2.45, 2.75) is 38.1 Å². The first-order valence-electron chi connectivity index (χ1n) is 12.8. The number of rotatable bonds is 8. The first-order chi connectivity index (χ1) is 19.0. The molecule has 3 heterocycles. The van der Waals surface area contributed by atoms with E-state index in [4.69, 9.17) is 0 Å². The van der Waals surface area contributed by atoms with Crippen molar-refractivity contribution in [2.24, 2.45) is 7.05 Å². The van der Waals surface area contributed by atoms with Crippen LogP contribution in [0.2, 0.25) is 0 Å². The Morgan fingerprint density at radius 1 is 1.07 bits per heavy atom. The van der Waals surface area contributed by atoms with Gasteiger partial charge in [-0.1, -0.05) is 11.3 Å². The molecule has 0 atom stereocenters. The maximum Gasteiger partial charge on any atom is 0.573 e. The molecule has 212 valence electrons. The van der Waals surface area contributed by atoms with Crippen molar-refractivity contribution < 1.29 is 27.5 Å². The second-order valence-electron chi connectivity index (χ2n) is 10.0. The number of nitrogens with one attached hydrogen (secondary N) is 1. The van der Waals surface area contributed by atoms with Crippen LogP contribution in [0.25, 0.3) is 21.3 Å². The van der Waals surface area contributed by atoms with E-state index < -0.39 is 6.36 Å². The monoisotopic (exact) mass is 574 g/mol. The Labute approximate surface area is 232 Å². The zero-order chi connectivity index (χ0) is 28.6. The van der Waals surface area contributed by atoms with Gasteiger partial charge in [-0.25, -0.2) is 9.97 Å². The van der Waals surface area contributed by atoms with E-state index in [9.17, 15) is 22.8 Å². The Morgan fingerprint density at radius 3 is 2.52 bits per heavy atom. The molecular formula is C27H29F3N6O3S. The number of aryl methyl sites for hydroxylation is 1. The van der Waals surface area contributed by atoms with E-state index in [1.54, 1.807) is 29.8 Å². The van der Waals surface area contributed by atoms with E-state index in [2.05, 4.69) is 39.0 Å². The highest BCUT2D eigenvalue weighted by Crippen LogP contribution is 2.33. The number of likely N-dealkylation sites (tertiary alicyclic amines) is 1. The lowest BCUT2D eigenvalue weighted by molar-refractivity contribution is -0.274. The molecule has 40 heavy (non-hydrogen) atoms. The maximum atomic E-state index is 12.9. The number of hydrogen-bond donors (Lipinski definition) is 1. The van der Waals surface area contributed by atoms with E-state index >= 15 is 0 Å². The number of hydrogen-bond acceptors (Lipinski definition) is 8. The Bertz CT molecular complexity index is 1560. The number of anilines is 2. The van der Waals surface area contributed by atoms with Crippen LogP contribution >= 0.6 is 11.3 Å². The van der Waals surface area contributed by atoms with Gasteiger partial charge in [-0.2, -0.15) is 0 Å². The zero-order valence-corrected chi connectivity index (χ0v) is 23.1. The number of alkyl halides is 3. The third-order valence-corrected chi connectivity index (χ3v) is 8.06. The van der Waals surface area contributed by atoms with Gasteiger partial charge in [-0.05, 0) is 57.3 Å². The molecule has 2 aromatic heterocycles. The van der Waals surface area contributed by atoms with Crippen LogP contribution in [0.1, 0.15) is 36.0 Å². The summed E-state index contributed by atoms with van der Waals surface area (Å²) in [5.41, 5.74) is 2.37. The first-order valence-corrected chi connectivity index (χ1v) is 13.7. The molecule has 9 nitrogen and oxygen atoms in total. The minimum atomic E-state index is -4.77. The number of aromatic nitrogens is 3. The number of amides is 1. The normalized spacial score (nSPS) is 14.8. The molecule has 2 aromatic carbocycles. The minimum absolute atomic E-state index is 0.00359. The summed E-state index contributed by atoms with van der Waals surface area (Å²) in [5.74, 6) is 0.0259. The molecule has 1 saturated heterocycles. The van der Waals surface area contributed by atoms with Crippen molar-refractivity contribution >= 4 is 55.4 Å². The number of ketones is 1. The standard InChI is InChI=1S/C27H29F3N6O3S/c1-34(2)17-10-12-36(13-11-17)24(38)9-8-22(37)16-4-7-21-20(14-16)31-25(35(21)3)33-26-32-19-6-5-18(15-23(19)40-26)39-27(28,29)30/h4-7,14-15,17H,8-13H2,1-3H3,(H,31,32,33). The van der Waals surface area contributed by atoms with Gasteiger partial charge in [-0.3, -0.25) is 9.59 Å². The van der Waals surface area contributed by atoms with Crippen LogP contribution in [0.15, 0.2) is 36.4 Å².